The maximum absolute atomic E-state index is 12.9. The Bertz CT molecular complexity index is 986. The molecule has 29 heavy (non-hydrogen) atoms. The smallest absolute Gasteiger partial charge is 0.416 e. The van der Waals surface area contributed by atoms with Gasteiger partial charge in [0.05, 0.1) is 24.3 Å². The molecule has 1 aliphatic rings. The van der Waals surface area contributed by atoms with E-state index in [4.69, 9.17) is 4.74 Å². The Morgan fingerprint density at radius 3 is 2.55 bits per heavy atom. The Hall–Kier alpha value is -3.49. The summed E-state index contributed by atoms with van der Waals surface area (Å²) < 4.78 is 44.0. The minimum atomic E-state index is -4.53. The van der Waals surface area contributed by atoms with Crippen molar-refractivity contribution in [2.75, 3.05) is 12.4 Å². The fourth-order valence-corrected chi connectivity index (χ4v) is 3.04. The van der Waals surface area contributed by atoms with Crippen molar-refractivity contribution >= 4 is 17.6 Å². The van der Waals surface area contributed by atoms with E-state index in [9.17, 15) is 22.8 Å². The first kappa shape index (κ1) is 20.2. The molecule has 9 heteroatoms. The molecule has 2 aromatic rings. The van der Waals surface area contributed by atoms with Gasteiger partial charge in [-0.1, -0.05) is 18.2 Å². The summed E-state index contributed by atoms with van der Waals surface area (Å²) in [5.41, 5.74) is 0.181. The van der Waals surface area contributed by atoms with E-state index < -0.39 is 29.7 Å². The lowest BCUT2D eigenvalue weighted by molar-refractivity contribution is -0.137. The van der Waals surface area contributed by atoms with Crippen LogP contribution in [0.15, 0.2) is 59.8 Å². The van der Waals surface area contributed by atoms with E-state index >= 15 is 0 Å². The summed E-state index contributed by atoms with van der Waals surface area (Å²) in [4.78, 5) is 24.9. The molecule has 152 valence electrons. The SMILES string of the molecule is COc1cccc([C@H]2NC(=O)NC(C)=C2C(=O)Nc2cccc(C(F)(F)F)c2)c1. The molecule has 1 atom stereocenters. The predicted octanol–water partition coefficient (Wildman–Crippen LogP) is 3.98. The van der Waals surface area contributed by atoms with Crippen LogP contribution in [0.4, 0.5) is 23.7 Å². The Morgan fingerprint density at radius 2 is 1.86 bits per heavy atom. The van der Waals surface area contributed by atoms with Crippen molar-refractivity contribution in [3.63, 3.8) is 0 Å². The number of ether oxygens (including phenoxy) is 1. The second-order valence-electron chi connectivity index (χ2n) is 6.38. The molecule has 0 radical (unpaired) electrons. The molecule has 0 unspecified atom stereocenters. The second-order valence-corrected chi connectivity index (χ2v) is 6.38. The molecule has 0 saturated carbocycles. The van der Waals surface area contributed by atoms with Crippen molar-refractivity contribution in [3.05, 3.63) is 70.9 Å². The number of halogens is 3. The Balaban J connectivity index is 1.94. The third-order valence-corrected chi connectivity index (χ3v) is 4.39. The molecular weight excluding hydrogens is 387 g/mol. The van der Waals surface area contributed by atoms with E-state index in [-0.39, 0.29) is 11.3 Å². The highest BCUT2D eigenvalue weighted by Crippen LogP contribution is 2.32. The summed E-state index contributed by atoms with van der Waals surface area (Å²) in [7, 11) is 1.49. The van der Waals surface area contributed by atoms with E-state index in [1.807, 2.05) is 0 Å². The van der Waals surface area contributed by atoms with E-state index in [2.05, 4.69) is 16.0 Å². The summed E-state index contributed by atoms with van der Waals surface area (Å²) >= 11 is 0. The lowest BCUT2D eigenvalue weighted by Gasteiger charge is -2.29. The maximum atomic E-state index is 12.9. The highest BCUT2D eigenvalue weighted by molar-refractivity contribution is 6.06. The van der Waals surface area contributed by atoms with Crippen molar-refractivity contribution in [2.45, 2.75) is 19.1 Å². The number of carbonyl (C=O) groups is 2. The van der Waals surface area contributed by atoms with Gasteiger partial charge in [-0.25, -0.2) is 4.79 Å². The van der Waals surface area contributed by atoms with E-state index in [1.54, 1.807) is 31.2 Å². The fraction of sp³-hybridized carbons (Fsp3) is 0.200. The lowest BCUT2D eigenvalue weighted by atomic mass is 9.94. The van der Waals surface area contributed by atoms with Crippen molar-refractivity contribution in [1.29, 1.82) is 0 Å². The number of amides is 3. The van der Waals surface area contributed by atoms with Crippen LogP contribution in [0.5, 0.6) is 5.75 Å². The van der Waals surface area contributed by atoms with Crippen LogP contribution < -0.4 is 20.7 Å². The number of benzene rings is 2. The van der Waals surface area contributed by atoms with Gasteiger partial charge < -0.3 is 20.7 Å². The van der Waals surface area contributed by atoms with Gasteiger partial charge in [0.15, 0.2) is 0 Å². The first-order valence-electron chi connectivity index (χ1n) is 8.60. The number of urea groups is 1. The van der Waals surface area contributed by atoms with Gasteiger partial charge in [0, 0.05) is 11.4 Å². The Morgan fingerprint density at radius 1 is 1.14 bits per heavy atom. The van der Waals surface area contributed by atoms with Crippen LogP contribution in [-0.2, 0) is 11.0 Å². The Labute approximate surface area is 164 Å². The van der Waals surface area contributed by atoms with E-state index in [1.165, 1.54) is 19.2 Å². The van der Waals surface area contributed by atoms with Gasteiger partial charge in [0.2, 0.25) is 0 Å². The van der Waals surface area contributed by atoms with Crippen LogP contribution in [0.1, 0.15) is 24.1 Å². The number of methoxy groups -OCH3 is 1. The minimum Gasteiger partial charge on any atom is -0.497 e. The Kier molecular flexibility index (Phi) is 5.49. The molecule has 1 aliphatic heterocycles. The molecule has 0 bridgehead atoms. The van der Waals surface area contributed by atoms with Crippen LogP contribution in [0.3, 0.4) is 0 Å². The average Bonchev–Trinajstić information content (AvgIpc) is 2.66. The van der Waals surface area contributed by atoms with E-state index in [0.717, 1.165) is 12.1 Å². The standard InChI is InChI=1S/C20H18F3N3O3/c1-11-16(18(27)25-14-7-4-6-13(10-14)20(21,22)23)17(26-19(28)24-11)12-5-3-8-15(9-12)29-2/h3-10,17H,1-2H3,(H,25,27)(H2,24,26,28)/t17-/m1/s1. The topological polar surface area (TPSA) is 79.5 Å². The molecule has 0 aromatic heterocycles. The second kappa shape index (κ2) is 7.86. The fourth-order valence-electron chi connectivity index (χ4n) is 3.04. The quantitative estimate of drug-likeness (QED) is 0.720. The first-order chi connectivity index (χ1) is 13.7. The largest absolute Gasteiger partial charge is 0.497 e. The number of alkyl halides is 3. The lowest BCUT2D eigenvalue weighted by Crippen LogP contribution is -2.46. The van der Waals surface area contributed by atoms with Gasteiger partial charge in [0.25, 0.3) is 5.91 Å². The van der Waals surface area contributed by atoms with Gasteiger partial charge in [-0.2, -0.15) is 13.2 Å². The summed E-state index contributed by atoms with van der Waals surface area (Å²) in [5, 5.41) is 7.66. The van der Waals surface area contributed by atoms with Crippen LogP contribution in [0.2, 0.25) is 0 Å². The number of rotatable bonds is 4. The van der Waals surface area contributed by atoms with Gasteiger partial charge in [-0.3, -0.25) is 4.79 Å². The zero-order valence-electron chi connectivity index (χ0n) is 15.6. The number of hydrogen-bond donors (Lipinski definition) is 3. The van der Waals surface area contributed by atoms with Gasteiger partial charge in [-0.15, -0.1) is 0 Å². The van der Waals surface area contributed by atoms with Gasteiger partial charge in [-0.05, 0) is 42.8 Å². The first-order valence-corrected chi connectivity index (χ1v) is 8.60. The number of anilines is 1. The molecule has 3 amide bonds. The van der Waals surface area contributed by atoms with Crippen LogP contribution in [0, 0.1) is 0 Å². The van der Waals surface area contributed by atoms with Crippen molar-refractivity contribution in [3.8, 4) is 5.75 Å². The molecule has 0 aliphatic carbocycles. The van der Waals surface area contributed by atoms with Crippen molar-refractivity contribution in [1.82, 2.24) is 10.6 Å². The summed E-state index contributed by atoms with van der Waals surface area (Å²) in [6, 6.07) is 9.84. The van der Waals surface area contributed by atoms with E-state index in [0.29, 0.717) is 17.0 Å². The highest BCUT2D eigenvalue weighted by atomic mass is 19.4. The number of carbonyl (C=O) groups excluding carboxylic acids is 2. The molecular formula is C20H18F3N3O3. The number of nitrogens with one attached hydrogen (secondary N) is 3. The van der Waals surface area contributed by atoms with Crippen molar-refractivity contribution in [2.24, 2.45) is 0 Å². The third kappa shape index (κ3) is 4.50. The normalized spacial score (nSPS) is 16.7. The van der Waals surface area contributed by atoms with Gasteiger partial charge in [0.1, 0.15) is 5.75 Å². The summed E-state index contributed by atoms with van der Waals surface area (Å²) in [6.07, 6.45) is -4.53. The minimum absolute atomic E-state index is 0.00795. The van der Waals surface area contributed by atoms with Crippen LogP contribution in [-0.4, -0.2) is 19.0 Å². The molecule has 3 rings (SSSR count). The number of allylic oxidation sites excluding steroid dienone is 1. The third-order valence-electron chi connectivity index (χ3n) is 4.39. The monoisotopic (exact) mass is 405 g/mol. The molecule has 2 aromatic carbocycles. The zero-order chi connectivity index (χ0) is 21.2. The maximum Gasteiger partial charge on any atom is 0.416 e. The van der Waals surface area contributed by atoms with Gasteiger partial charge >= 0.3 is 12.2 Å². The predicted molar refractivity (Wildman–Crippen MR) is 100 cm³/mol. The molecule has 1 heterocycles. The average molecular weight is 405 g/mol. The molecule has 3 N–H and O–H groups in total. The molecule has 0 spiro atoms. The van der Waals surface area contributed by atoms with Crippen LogP contribution >= 0.6 is 0 Å². The summed E-state index contributed by atoms with van der Waals surface area (Å²) in [5.74, 6) is -0.104. The highest BCUT2D eigenvalue weighted by Gasteiger charge is 2.33. The van der Waals surface area contributed by atoms with Crippen molar-refractivity contribution < 1.29 is 27.5 Å². The summed E-state index contributed by atoms with van der Waals surface area (Å²) in [6.45, 7) is 1.55. The molecule has 0 fully saturated rings. The van der Waals surface area contributed by atoms with Crippen LogP contribution in [0.25, 0.3) is 0 Å². The molecule has 0 saturated heterocycles. The zero-order valence-corrected chi connectivity index (χ0v) is 15.6. The molecule has 6 nitrogen and oxygen atoms in total. The number of hydrogen-bond acceptors (Lipinski definition) is 3.